The number of rotatable bonds is 3. The zero-order valence-corrected chi connectivity index (χ0v) is 10.9. The van der Waals surface area contributed by atoms with Gasteiger partial charge in [0.2, 0.25) is 0 Å². The second kappa shape index (κ2) is 5.05. The van der Waals surface area contributed by atoms with Crippen molar-refractivity contribution in [1.29, 1.82) is 0 Å². The summed E-state index contributed by atoms with van der Waals surface area (Å²) in [5, 5.41) is 4.75. The van der Waals surface area contributed by atoms with Gasteiger partial charge in [0.15, 0.2) is 5.13 Å². The Bertz CT molecular complexity index is 580. The fraction of sp³-hybridized carbons (Fsp3) is 0.167. The Morgan fingerprint density at radius 3 is 2.89 bits per heavy atom. The number of amides is 1. The molecule has 2 aromatic rings. The van der Waals surface area contributed by atoms with Gasteiger partial charge in [-0.2, -0.15) is 0 Å². The lowest BCUT2D eigenvalue weighted by atomic mass is 10.2. The summed E-state index contributed by atoms with van der Waals surface area (Å²) in [5.41, 5.74) is 7.45. The summed E-state index contributed by atoms with van der Waals surface area (Å²) in [4.78, 5) is 15.9. The van der Waals surface area contributed by atoms with Gasteiger partial charge < -0.3 is 15.8 Å². The molecular weight excluding hydrogens is 250 g/mol. The van der Waals surface area contributed by atoms with Crippen LogP contribution in [0, 0.1) is 6.92 Å². The van der Waals surface area contributed by atoms with Gasteiger partial charge in [0, 0.05) is 5.38 Å². The maximum atomic E-state index is 11.9. The minimum Gasteiger partial charge on any atom is -0.495 e. The molecule has 6 heteroatoms. The molecule has 5 nitrogen and oxygen atoms in total. The second-order valence-corrected chi connectivity index (χ2v) is 4.62. The molecule has 0 saturated heterocycles. The largest absolute Gasteiger partial charge is 0.495 e. The highest BCUT2D eigenvalue weighted by Gasteiger charge is 2.12. The highest BCUT2D eigenvalue weighted by molar-refractivity contribution is 7.13. The van der Waals surface area contributed by atoms with Crippen LogP contribution < -0.4 is 15.8 Å². The van der Waals surface area contributed by atoms with Crippen molar-refractivity contribution < 1.29 is 9.53 Å². The van der Waals surface area contributed by atoms with Gasteiger partial charge in [0.1, 0.15) is 11.4 Å². The van der Waals surface area contributed by atoms with Crippen LogP contribution >= 0.6 is 11.3 Å². The molecule has 0 aliphatic carbocycles. The first-order valence-corrected chi connectivity index (χ1v) is 6.15. The Balaban J connectivity index is 2.23. The fourth-order valence-electron chi connectivity index (χ4n) is 1.50. The van der Waals surface area contributed by atoms with E-state index in [-0.39, 0.29) is 5.91 Å². The van der Waals surface area contributed by atoms with Gasteiger partial charge in [-0.15, -0.1) is 11.3 Å². The highest BCUT2D eigenvalue weighted by Crippen LogP contribution is 2.26. The zero-order valence-electron chi connectivity index (χ0n) is 10.1. The van der Waals surface area contributed by atoms with Crippen molar-refractivity contribution in [3.8, 4) is 5.75 Å². The summed E-state index contributed by atoms with van der Waals surface area (Å²) in [6.45, 7) is 1.94. The van der Waals surface area contributed by atoms with E-state index < -0.39 is 0 Å². The van der Waals surface area contributed by atoms with Gasteiger partial charge in [-0.1, -0.05) is 6.07 Å². The number of nitrogen functional groups attached to an aromatic ring is 1. The average molecular weight is 263 g/mol. The number of nitrogens with zero attached hydrogens (tertiary/aromatic N) is 1. The van der Waals surface area contributed by atoms with Crippen molar-refractivity contribution in [3.63, 3.8) is 0 Å². The maximum Gasteiger partial charge on any atom is 0.275 e. The van der Waals surface area contributed by atoms with Gasteiger partial charge in [-0.3, -0.25) is 4.79 Å². The molecular formula is C12H13N3O2S. The molecule has 94 valence electrons. The molecule has 1 amide bonds. The molecule has 0 fully saturated rings. The normalized spacial score (nSPS) is 10.1. The van der Waals surface area contributed by atoms with E-state index in [1.165, 1.54) is 11.3 Å². The fourth-order valence-corrected chi connectivity index (χ4v) is 2.04. The number of nitrogens with one attached hydrogen (secondary N) is 1. The number of methoxy groups -OCH3 is 1. The first kappa shape index (κ1) is 12.4. The molecule has 1 aromatic carbocycles. The van der Waals surface area contributed by atoms with Gasteiger partial charge in [-0.05, 0) is 24.6 Å². The van der Waals surface area contributed by atoms with Crippen LogP contribution in [0.2, 0.25) is 0 Å². The number of nitrogens with two attached hydrogens (primary N) is 1. The molecule has 1 heterocycles. The molecule has 0 bridgehead atoms. The Hall–Kier alpha value is -2.08. The summed E-state index contributed by atoms with van der Waals surface area (Å²) in [6.07, 6.45) is 0. The van der Waals surface area contributed by atoms with E-state index >= 15 is 0 Å². The van der Waals surface area contributed by atoms with Crippen LogP contribution in [0.4, 0.5) is 10.8 Å². The number of hydrogen-bond donors (Lipinski definition) is 2. The number of aromatic nitrogens is 1. The van der Waals surface area contributed by atoms with Crippen LogP contribution in [0.15, 0.2) is 23.6 Å². The molecule has 1 aromatic heterocycles. The summed E-state index contributed by atoms with van der Waals surface area (Å²) in [7, 11) is 1.56. The number of benzene rings is 1. The molecule has 3 N–H and O–H groups in total. The Kier molecular flexibility index (Phi) is 3.47. The maximum absolute atomic E-state index is 11.9. The quantitative estimate of drug-likeness (QED) is 0.890. The summed E-state index contributed by atoms with van der Waals surface area (Å²) >= 11 is 1.23. The number of hydrogen-bond acceptors (Lipinski definition) is 5. The van der Waals surface area contributed by atoms with E-state index in [4.69, 9.17) is 10.5 Å². The van der Waals surface area contributed by atoms with Crippen molar-refractivity contribution >= 4 is 28.1 Å². The number of aryl methyl sites for hydroxylation is 1. The number of carbonyl (C=O) groups excluding carboxylic acids is 1. The molecule has 0 radical (unpaired) electrons. The summed E-state index contributed by atoms with van der Waals surface area (Å²) in [5.74, 6) is 0.309. The predicted octanol–water partition coefficient (Wildman–Crippen LogP) is 2.29. The lowest BCUT2D eigenvalue weighted by Gasteiger charge is -2.09. The molecule has 0 unspecified atom stereocenters. The smallest absolute Gasteiger partial charge is 0.275 e. The molecule has 0 saturated carbocycles. The van der Waals surface area contributed by atoms with Crippen molar-refractivity contribution in [2.45, 2.75) is 6.92 Å². The van der Waals surface area contributed by atoms with Crippen LogP contribution in [0.25, 0.3) is 0 Å². The Morgan fingerprint density at radius 2 is 2.28 bits per heavy atom. The Labute approximate surface area is 109 Å². The molecule has 0 atom stereocenters. The van der Waals surface area contributed by atoms with E-state index in [9.17, 15) is 4.79 Å². The second-order valence-electron chi connectivity index (χ2n) is 3.73. The lowest BCUT2D eigenvalue weighted by Crippen LogP contribution is -2.13. The molecule has 2 rings (SSSR count). The van der Waals surface area contributed by atoms with Crippen LogP contribution in [0.3, 0.4) is 0 Å². The van der Waals surface area contributed by atoms with Crippen LogP contribution in [-0.2, 0) is 0 Å². The van der Waals surface area contributed by atoms with Gasteiger partial charge in [0.05, 0.1) is 12.8 Å². The first-order valence-electron chi connectivity index (χ1n) is 5.27. The lowest BCUT2D eigenvalue weighted by molar-refractivity contribution is 0.102. The van der Waals surface area contributed by atoms with Gasteiger partial charge in [0.25, 0.3) is 5.91 Å². The van der Waals surface area contributed by atoms with Crippen LogP contribution in [-0.4, -0.2) is 18.0 Å². The zero-order chi connectivity index (χ0) is 13.1. The van der Waals surface area contributed by atoms with Crippen LogP contribution in [0.1, 0.15) is 16.1 Å². The minimum absolute atomic E-state index is 0.299. The molecule has 0 aliphatic rings. The topological polar surface area (TPSA) is 77.2 Å². The third-order valence-electron chi connectivity index (χ3n) is 2.36. The Morgan fingerprint density at radius 1 is 1.50 bits per heavy atom. The van der Waals surface area contributed by atoms with Crippen molar-refractivity contribution in [3.05, 3.63) is 34.8 Å². The monoisotopic (exact) mass is 263 g/mol. The summed E-state index contributed by atoms with van der Waals surface area (Å²) in [6, 6.07) is 5.56. The summed E-state index contributed by atoms with van der Waals surface area (Å²) < 4.78 is 5.19. The number of anilines is 2. The third kappa shape index (κ3) is 2.60. The molecule has 0 spiro atoms. The number of ether oxygens (including phenoxy) is 1. The predicted molar refractivity (Wildman–Crippen MR) is 72.2 cm³/mol. The SMILES string of the molecule is COc1ccc(C)cc1NC(=O)c1csc(N)n1. The minimum atomic E-state index is -0.299. The number of carbonyl (C=O) groups is 1. The highest BCUT2D eigenvalue weighted by atomic mass is 32.1. The first-order chi connectivity index (χ1) is 8.60. The standard InChI is InChI=1S/C12H13N3O2S/c1-7-3-4-10(17-2)8(5-7)14-11(16)9-6-18-12(13)15-9/h3-6H,1-2H3,(H2,13,15)(H,14,16). The number of thiazole rings is 1. The van der Waals surface area contributed by atoms with E-state index in [0.717, 1.165) is 5.56 Å². The average Bonchev–Trinajstić information content (AvgIpc) is 2.76. The van der Waals surface area contributed by atoms with E-state index in [1.807, 2.05) is 19.1 Å². The molecule has 0 aliphatic heterocycles. The van der Waals surface area contributed by atoms with Crippen molar-refractivity contribution in [2.75, 3.05) is 18.2 Å². The van der Waals surface area contributed by atoms with Crippen molar-refractivity contribution in [1.82, 2.24) is 4.98 Å². The van der Waals surface area contributed by atoms with E-state index in [1.54, 1.807) is 18.6 Å². The van der Waals surface area contributed by atoms with Gasteiger partial charge >= 0.3 is 0 Å². The van der Waals surface area contributed by atoms with Gasteiger partial charge in [-0.25, -0.2) is 4.98 Å². The molecule has 18 heavy (non-hydrogen) atoms. The van der Waals surface area contributed by atoms with E-state index in [2.05, 4.69) is 10.3 Å². The third-order valence-corrected chi connectivity index (χ3v) is 3.03. The van der Waals surface area contributed by atoms with Crippen molar-refractivity contribution in [2.24, 2.45) is 0 Å². The van der Waals surface area contributed by atoms with Crippen LogP contribution in [0.5, 0.6) is 5.75 Å². The van der Waals surface area contributed by atoms with E-state index in [0.29, 0.717) is 22.3 Å².